The molecule has 0 unspecified atom stereocenters. The van der Waals surface area contributed by atoms with Gasteiger partial charge in [0.05, 0.1) is 0 Å². The molecule has 0 saturated heterocycles. The van der Waals surface area contributed by atoms with Crippen molar-refractivity contribution in [2.45, 2.75) is 31.7 Å². The number of aromatic nitrogens is 1. The zero-order valence-electron chi connectivity index (χ0n) is 10.5. The van der Waals surface area contributed by atoms with Crippen LogP contribution in [-0.4, -0.2) is 41.4 Å². The fourth-order valence-corrected chi connectivity index (χ4v) is 2.95. The lowest BCUT2D eigenvalue weighted by Crippen LogP contribution is -2.40. The summed E-state index contributed by atoms with van der Waals surface area (Å²) in [6.45, 7) is 4.44. The van der Waals surface area contributed by atoms with Crippen LogP contribution in [0.4, 0.5) is 0 Å². The van der Waals surface area contributed by atoms with Crippen molar-refractivity contribution in [1.29, 1.82) is 0 Å². The first kappa shape index (κ1) is 14.6. The second-order valence-corrected chi connectivity index (χ2v) is 6.06. The van der Waals surface area contributed by atoms with E-state index in [4.69, 9.17) is 5.11 Å². The van der Waals surface area contributed by atoms with E-state index in [9.17, 15) is 13.2 Å². The molecule has 1 N–H and O–H groups in total. The van der Waals surface area contributed by atoms with Gasteiger partial charge in [0.1, 0.15) is 11.4 Å². The van der Waals surface area contributed by atoms with Crippen LogP contribution in [0.15, 0.2) is 23.2 Å². The lowest BCUT2D eigenvalue weighted by Gasteiger charge is -2.23. The number of aryl methyl sites for hydroxylation is 1. The minimum Gasteiger partial charge on any atom is -0.480 e. The highest BCUT2D eigenvalue weighted by Gasteiger charge is 2.29. The highest BCUT2D eigenvalue weighted by atomic mass is 32.2. The number of nitrogens with zero attached hydrogens (tertiary/aromatic N) is 2. The lowest BCUT2D eigenvalue weighted by molar-refractivity contribution is -0.137. The molecule has 0 aliphatic rings. The summed E-state index contributed by atoms with van der Waals surface area (Å²) in [6.07, 6.45) is 1.24. The standard InChI is InChI=1S/C11H16N2O4S/c1-8(2)13(7-11(14)15)18(16,17)10-5-4-9(3)12-6-10/h4-6,8H,7H2,1-3H3,(H,14,15). The van der Waals surface area contributed by atoms with E-state index in [1.165, 1.54) is 12.3 Å². The van der Waals surface area contributed by atoms with Crippen LogP contribution in [0, 0.1) is 6.92 Å². The molecule has 6 nitrogen and oxygen atoms in total. The Morgan fingerprint density at radius 1 is 1.44 bits per heavy atom. The van der Waals surface area contributed by atoms with Crippen molar-refractivity contribution < 1.29 is 18.3 Å². The highest BCUT2D eigenvalue weighted by Crippen LogP contribution is 2.17. The molecule has 18 heavy (non-hydrogen) atoms. The summed E-state index contributed by atoms with van der Waals surface area (Å²) in [7, 11) is -3.82. The van der Waals surface area contributed by atoms with Crippen molar-refractivity contribution in [3.63, 3.8) is 0 Å². The van der Waals surface area contributed by atoms with Crippen molar-refractivity contribution in [2.24, 2.45) is 0 Å². The molecule has 0 aliphatic carbocycles. The molecule has 0 spiro atoms. The summed E-state index contributed by atoms with van der Waals surface area (Å²) < 4.78 is 25.4. The van der Waals surface area contributed by atoms with Crippen LogP contribution in [0.1, 0.15) is 19.5 Å². The van der Waals surface area contributed by atoms with Gasteiger partial charge in [0.15, 0.2) is 0 Å². The van der Waals surface area contributed by atoms with Crippen LogP contribution in [-0.2, 0) is 14.8 Å². The van der Waals surface area contributed by atoms with Crippen LogP contribution in [0.25, 0.3) is 0 Å². The SMILES string of the molecule is Cc1ccc(S(=O)(=O)N(CC(=O)O)C(C)C)cn1. The molecular weight excluding hydrogens is 256 g/mol. The summed E-state index contributed by atoms with van der Waals surface area (Å²) in [5.41, 5.74) is 0.697. The van der Waals surface area contributed by atoms with Gasteiger partial charge < -0.3 is 5.11 Å². The zero-order valence-corrected chi connectivity index (χ0v) is 11.3. The number of carbonyl (C=O) groups is 1. The van der Waals surface area contributed by atoms with E-state index < -0.39 is 28.6 Å². The average molecular weight is 272 g/mol. The maximum Gasteiger partial charge on any atom is 0.318 e. The molecule has 7 heteroatoms. The number of hydrogen-bond acceptors (Lipinski definition) is 4. The van der Waals surface area contributed by atoms with E-state index in [-0.39, 0.29) is 4.90 Å². The smallest absolute Gasteiger partial charge is 0.318 e. The minimum absolute atomic E-state index is 0.00282. The Bertz CT molecular complexity index is 522. The van der Waals surface area contributed by atoms with Crippen LogP contribution < -0.4 is 0 Å². The molecule has 1 aromatic rings. The van der Waals surface area contributed by atoms with Crippen molar-refractivity contribution in [1.82, 2.24) is 9.29 Å². The van der Waals surface area contributed by atoms with Gasteiger partial charge in [-0.3, -0.25) is 9.78 Å². The third-order valence-corrected chi connectivity index (χ3v) is 4.36. The fourth-order valence-electron chi connectivity index (χ4n) is 1.42. The highest BCUT2D eigenvalue weighted by molar-refractivity contribution is 7.89. The molecule has 0 amide bonds. The van der Waals surface area contributed by atoms with E-state index in [1.807, 2.05) is 0 Å². The van der Waals surface area contributed by atoms with Crippen LogP contribution >= 0.6 is 0 Å². The summed E-state index contributed by atoms with van der Waals surface area (Å²) in [6, 6.07) is 2.56. The second-order valence-electron chi connectivity index (χ2n) is 4.17. The maximum atomic E-state index is 12.2. The Balaban J connectivity index is 3.16. The number of pyridine rings is 1. The molecular formula is C11H16N2O4S. The van der Waals surface area contributed by atoms with Crippen molar-refractivity contribution in [2.75, 3.05) is 6.54 Å². The van der Waals surface area contributed by atoms with Crippen LogP contribution in [0.3, 0.4) is 0 Å². The van der Waals surface area contributed by atoms with Gasteiger partial charge in [-0.05, 0) is 32.9 Å². The molecule has 0 radical (unpaired) electrons. The van der Waals surface area contributed by atoms with E-state index in [1.54, 1.807) is 26.8 Å². The molecule has 0 bridgehead atoms. The van der Waals surface area contributed by atoms with Crippen molar-refractivity contribution in [3.8, 4) is 0 Å². The van der Waals surface area contributed by atoms with E-state index >= 15 is 0 Å². The average Bonchev–Trinajstić information content (AvgIpc) is 2.25. The largest absolute Gasteiger partial charge is 0.480 e. The lowest BCUT2D eigenvalue weighted by atomic mass is 10.4. The molecule has 0 atom stereocenters. The van der Waals surface area contributed by atoms with Gasteiger partial charge in [0, 0.05) is 17.9 Å². The third-order valence-electron chi connectivity index (χ3n) is 2.36. The van der Waals surface area contributed by atoms with E-state index in [0.717, 1.165) is 4.31 Å². The Labute approximate surface area is 106 Å². The second kappa shape index (κ2) is 5.45. The Kier molecular flexibility index (Phi) is 4.42. The monoisotopic (exact) mass is 272 g/mol. The Morgan fingerprint density at radius 3 is 2.44 bits per heavy atom. The molecule has 0 saturated carbocycles. The molecule has 1 aromatic heterocycles. The quantitative estimate of drug-likeness (QED) is 0.859. The molecule has 1 rings (SSSR count). The summed E-state index contributed by atoms with van der Waals surface area (Å²) in [4.78, 5) is 14.6. The number of carboxylic acids is 1. The first-order valence-electron chi connectivity index (χ1n) is 5.41. The van der Waals surface area contributed by atoms with Crippen LogP contribution in [0.2, 0.25) is 0 Å². The fraction of sp³-hybridized carbons (Fsp3) is 0.455. The number of sulfonamides is 1. The van der Waals surface area contributed by atoms with Gasteiger partial charge in [-0.1, -0.05) is 0 Å². The van der Waals surface area contributed by atoms with E-state index in [0.29, 0.717) is 5.69 Å². The summed E-state index contributed by atoms with van der Waals surface area (Å²) in [5, 5.41) is 8.77. The van der Waals surface area contributed by atoms with E-state index in [2.05, 4.69) is 4.98 Å². The summed E-state index contributed by atoms with van der Waals surface area (Å²) >= 11 is 0. The zero-order chi connectivity index (χ0) is 13.9. The molecule has 0 aliphatic heterocycles. The van der Waals surface area contributed by atoms with Gasteiger partial charge in [-0.25, -0.2) is 8.42 Å². The van der Waals surface area contributed by atoms with Gasteiger partial charge in [-0.2, -0.15) is 4.31 Å². The topological polar surface area (TPSA) is 87.6 Å². The predicted octanol–water partition coefficient (Wildman–Crippen LogP) is 0.874. The normalized spacial score (nSPS) is 12.1. The van der Waals surface area contributed by atoms with Crippen molar-refractivity contribution in [3.05, 3.63) is 24.0 Å². The predicted molar refractivity (Wildman–Crippen MR) is 65.6 cm³/mol. The van der Waals surface area contributed by atoms with Gasteiger partial charge in [-0.15, -0.1) is 0 Å². The Hall–Kier alpha value is -1.47. The minimum atomic E-state index is -3.82. The summed E-state index contributed by atoms with van der Waals surface area (Å²) in [5.74, 6) is -1.19. The maximum absolute atomic E-state index is 12.2. The first-order chi connectivity index (χ1) is 8.25. The first-order valence-corrected chi connectivity index (χ1v) is 6.85. The van der Waals surface area contributed by atoms with Crippen LogP contribution in [0.5, 0.6) is 0 Å². The molecule has 0 fully saturated rings. The number of carboxylic acid groups (broad SMARTS) is 1. The Morgan fingerprint density at radius 2 is 2.06 bits per heavy atom. The third kappa shape index (κ3) is 3.27. The van der Waals surface area contributed by atoms with Gasteiger partial charge in [0.25, 0.3) is 0 Å². The molecule has 0 aromatic carbocycles. The number of hydrogen-bond donors (Lipinski definition) is 1. The van der Waals surface area contributed by atoms with Gasteiger partial charge in [0.2, 0.25) is 10.0 Å². The van der Waals surface area contributed by atoms with Gasteiger partial charge >= 0.3 is 5.97 Å². The number of rotatable bonds is 5. The number of aliphatic carboxylic acids is 1. The molecule has 1 heterocycles. The molecule has 100 valence electrons. The van der Waals surface area contributed by atoms with Crippen molar-refractivity contribution >= 4 is 16.0 Å².